The van der Waals surface area contributed by atoms with Gasteiger partial charge in [0, 0.05) is 25.3 Å². The van der Waals surface area contributed by atoms with E-state index in [9.17, 15) is 14.7 Å². The molecule has 0 fully saturated rings. The van der Waals surface area contributed by atoms with Crippen LogP contribution in [0.2, 0.25) is 0 Å². The smallest absolute Gasteiger partial charge is 0.352 e. The molecule has 1 aromatic rings. The normalized spacial score (nSPS) is 11.0. The molecule has 17 heavy (non-hydrogen) atoms. The first-order valence-corrected chi connectivity index (χ1v) is 4.77. The van der Waals surface area contributed by atoms with Gasteiger partial charge >= 0.3 is 11.9 Å². The first-order valence-electron chi connectivity index (χ1n) is 4.77. The minimum absolute atomic E-state index is 0.192. The molecule has 6 nitrogen and oxygen atoms in total. The van der Waals surface area contributed by atoms with E-state index >= 15 is 0 Å². The van der Waals surface area contributed by atoms with E-state index in [0.29, 0.717) is 0 Å². The lowest BCUT2D eigenvalue weighted by Gasteiger charge is -2.20. The summed E-state index contributed by atoms with van der Waals surface area (Å²) in [6.45, 7) is 0. The lowest BCUT2D eigenvalue weighted by molar-refractivity contribution is -0.177. The van der Waals surface area contributed by atoms with Crippen LogP contribution in [0, 0.1) is 0 Å². The number of carboxylic acid groups (broad SMARTS) is 2. The lowest BCUT2D eigenvalue weighted by Crippen LogP contribution is -2.43. The van der Waals surface area contributed by atoms with Crippen LogP contribution < -0.4 is 4.90 Å². The topological polar surface area (TPSA) is 98.1 Å². The number of hydrogen-bond acceptors (Lipinski definition) is 4. The van der Waals surface area contributed by atoms with Gasteiger partial charge in [-0.2, -0.15) is 0 Å². The molecular formula is C11H13NO5. The number of carbonyl (C=O) groups is 2. The molecule has 0 aromatic heterocycles. The molecule has 0 saturated heterocycles. The summed E-state index contributed by atoms with van der Waals surface area (Å²) >= 11 is 0. The molecule has 6 heteroatoms. The van der Waals surface area contributed by atoms with E-state index in [4.69, 9.17) is 10.2 Å². The van der Waals surface area contributed by atoms with Crippen molar-refractivity contribution < 1.29 is 24.9 Å². The average molecular weight is 239 g/mol. The Hall–Kier alpha value is -2.08. The number of aliphatic carboxylic acids is 2. The van der Waals surface area contributed by atoms with Crippen LogP contribution in [0.5, 0.6) is 0 Å². The predicted molar refractivity (Wildman–Crippen MR) is 59.9 cm³/mol. The Morgan fingerprint density at radius 2 is 1.47 bits per heavy atom. The Balaban J connectivity index is 3.22. The SMILES string of the molecule is CN(C)c1ccc(C(O)(C(=O)O)C(=O)O)cc1. The predicted octanol–water partition coefficient (Wildman–Crippen LogP) is 0.109. The number of carboxylic acids is 2. The van der Waals surface area contributed by atoms with Crippen molar-refractivity contribution in [2.75, 3.05) is 19.0 Å². The number of anilines is 1. The van der Waals surface area contributed by atoms with Crippen LogP contribution in [0.1, 0.15) is 5.56 Å². The van der Waals surface area contributed by atoms with Crippen molar-refractivity contribution in [3.05, 3.63) is 29.8 Å². The van der Waals surface area contributed by atoms with Crippen LogP contribution in [0.4, 0.5) is 5.69 Å². The van der Waals surface area contributed by atoms with Gasteiger partial charge in [0.05, 0.1) is 0 Å². The van der Waals surface area contributed by atoms with Crippen molar-refractivity contribution in [3.63, 3.8) is 0 Å². The third kappa shape index (κ3) is 2.21. The Morgan fingerprint density at radius 1 is 1.06 bits per heavy atom. The lowest BCUT2D eigenvalue weighted by atomic mass is 9.94. The molecular weight excluding hydrogens is 226 g/mol. The van der Waals surface area contributed by atoms with Crippen molar-refractivity contribution in [2.45, 2.75) is 5.60 Å². The third-order valence-corrected chi connectivity index (χ3v) is 2.42. The van der Waals surface area contributed by atoms with Gasteiger partial charge in [-0.1, -0.05) is 12.1 Å². The van der Waals surface area contributed by atoms with Gasteiger partial charge in [0.25, 0.3) is 5.60 Å². The van der Waals surface area contributed by atoms with Crippen molar-refractivity contribution in [1.29, 1.82) is 0 Å². The molecule has 0 unspecified atom stereocenters. The average Bonchev–Trinajstić information content (AvgIpc) is 2.27. The molecule has 0 aliphatic carbocycles. The zero-order valence-electron chi connectivity index (χ0n) is 9.41. The Kier molecular flexibility index (Phi) is 3.38. The van der Waals surface area contributed by atoms with Gasteiger partial charge in [-0.05, 0) is 12.1 Å². The minimum Gasteiger partial charge on any atom is -0.478 e. The van der Waals surface area contributed by atoms with Crippen LogP contribution in [0.3, 0.4) is 0 Å². The van der Waals surface area contributed by atoms with E-state index in [1.54, 1.807) is 19.0 Å². The van der Waals surface area contributed by atoms with Gasteiger partial charge in [0.1, 0.15) is 0 Å². The van der Waals surface area contributed by atoms with E-state index in [2.05, 4.69) is 0 Å². The highest BCUT2D eigenvalue weighted by Crippen LogP contribution is 2.24. The van der Waals surface area contributed by atoms with Crippen molar-refractivity contribution >= 4 is 17.6 Å². The highest BCUT2D eigenvalue weighted by molar-refractivity contribution is 6.02. The van der Waals surface area contributed by atoms with Crippen LogP contribution in [0.15, 0.2) is 24.3 Å². The van der Waals surface area contributed by atoms with Crippen LogP contribution >= 0.6 is 0 Å². The summed E-state index contributed by atoms with van der Waals surface area (Å²) in [7, 11) is 3.57. The number of rotatable bonds is 4. The van der Waals surface area contributed by atoms with Gasteiger partial charge in [0.2, 0.25) is 0 Å². The zero-order valence-corrected chi connectivity index (χ0v) is 9.41. The Labute approximate surface area is 97.7 Å². The molecule has 0 amide bonds. The van der Waals surface area contributed by atoms with E-state index in [1.807, 2.05) is 0 Å². The Bertz CT molecular complexity index is 424. The van der Waals surface area contributed by atoms with E-state index in [-0.39, 0.29) is 5.56 Å². The summed E-state index contributed by atoms with van der Waals surface area (Å²) in [4.78, 5) is 23.4. The van der Waals surface area contributed by atoms with Crippen molar-refractivity contribution in [3.8, 4) is 0 Å². The van der Waals surface area contributed by atoms with E-state index < -0.39 is 17.5 Å². The van der Waals surface area contributed by atoms with Crippen LogP contribution in [-0.4, -0.2) is 41.4 Å². The maximum atomic E-state index is 10.8. The maximum Gasteiger partial charge on any atom is 0.352 e. The first-order chi connectivity index (χ1) is 7.80. The fourth-order valence-corrected chi connectivity index (χ4v) is 1.34. The second-order valence-corrected chi connectivity index (χ2v) is 3.76. The zero-order chi connectivity index (χ0) is 13.2. The first kappa shape index (κ1) is 13.0. The van der Waals surface area contributed by atoms with E-state index in [0.717, 1.165) is 5.69 Å². The molecule has 0 heterocycles. The van der Waals surface area contributed by atoms with Crippen molar-refractivity contribution in [1.82, 2.24) is 0 Å². The minimum atomic E-state index is -2.91. The summed E-state index contributed by atoms with van der Waals surface area (Å²) < 4.78 is 0. The summed E-state index contributed by atoms with van der Waals surface area (Å²) in [6, 6.07) is 5.62. The number of hydrogen-bond donors (Lipinski definition) is 3. The standard InChI is InChI=1S/C11H13NO5/c1-12(2)8-5-3-7(4-6-8)11(17,9(13)14)10(15)16/h3-6,17H,1-2H3,(H,13,14)(H,15,16). The van der Waals surface area contributed by atoms with Crippen LogP contribution in [-0.2, 0) is 15.2 Å². The molecule has 0 aliphatic rings. The van der Waals surface area contributed by atoms with E-state index in [1.165, 1.54) is 24.3 Å². The monoisotopic (exact) mass is 239 g/mol. The summed E-state index contributed by atoms with van der Waals surface area (Å²) in [5.41, 5.74) is -2.33. The van der Waals surface area contributed by atoms with Gasteiger partial charge in [-0.25, -0.2) is 9.59 Å². The maximum absolute atomic E-state index is 10.8. The molecule has 1 aromatic carbocycles. The number of aliphatic hydroxyl groups is 1. The second-order valence-electron chi connectivity index (χ2n) is 3.76. The van der Waals surface area contributed by atoms with Gasteiger partial charge < -0.3 is 20.2 Å². The molecule has 92 valence electrons. The highest BCUT2D eigenvalue weighted by Gasteiger charge is 2.46. The number of benzene rings is 1. The molecule has 3 N–H and O–H groups in total. The molecule has 0 saturated carbocycles. The highest BCUT2D eigenvalue weighted by atomic mass is 16.4. The largest absolute Gasteiger partial charge is 0.478 e. The molecule has 0 atom stereocenters. The number of nitrogens with zero attached hydrogens (tertiary/aromatic N) is 1. The summed E-state index contributed by atoms with van der Waals surface area (Å²) in [6.07, 6.45) is 0. The van der Waals surface area contributed by atoms with Crippen LogP contribution in [0.25, 0.3) is 0 Å². The summed E-state index contributed by atoms with van der Waals surface area (Å²) in [5.74, 6) is -3.63. The molecule has 0 bridgehead atoms. The fourth-order valence-electron chi connectivity index (χ4n) is 1.34. The fraction of sp³-hybridized carbons (Fsp3) is 0.273. The molecule has 0 aliphatic heterocycles. The van der Waals surface area contributed by atoms with Crippen molar-refractivity contribution in [2.24, 2.45) is 0 Å². The molecule has 0 radical (unpaired) electrons. The summed E-state index contributed by atoms with van der Waals surface area (Å²) in [5, 5.41) is 27.2. The van der Waals surface area contributed by atoms with Gasteiger partial charge in [-0.3, -0.25) is 0 Å². The molecule has 0 spiro atoms. The quantitative estimate of drug-likeness (QED) is 0.645. The van der Waals surface area contributed by atoms with Gasteiger partial charge in [0.15, 0.2) is 0 Å². The molecule has 1 rings (SSSR count). The second kappa shape index (κ2) is 4.42. The van der Waals surface area contributed by atoms with Gasteiger partial charge in [-0.15, -0.1) is 0 Å². The Morgan fingerprint density at radius 3 is 1.76 bits per heavy atom. The third-order valence-electron chi connectivity index (χ3n) is 2.42.